The molecule has 0 spiro atoms. The highest BCUT2D eigenvalue weighted by molar-refractivity contribution is 5.97. The fraction of sp³-hybridized carbons (Fsp3) is 0.278. The summed E-state index contributed by atoms with van der Waals surface area (Å²) in [5, 5.41) is 3.16. The van der Waals surface area contributed by atoms with Crippen molar-refractivity contribution in [2.45, 2.75) is 19.8 Å². The average Bonchev–Trinajstić information content (AvgIpc) is 2.53. The van der Waals surface area contributed by atoms with Crippen LogP contribution < -0.4 is 10.1 Å². The second-order valence-corrected chi connectivity index (χ2v) is 4.89. The van der Waals surface area contributed by atoms with Crippen LogP contribution in [-0.2, 0) is 0 Å². The molecule has 2 rings (SSSR count). The van der Waals surface area contributed by atoms with Crippen LogP contribution in [0.5, 0.6) is 11.5 Å². The fourth-order valence-corrected chi connectivity index (χ4v) is 1.94. The van der Waals surface area contributed by atoms with Crippen LogP contribution in [0.1, 0.15) is 30.1 Å². The Hall–Kier alpha value is -1.84. The first-order valence-electron chi connectivity index (χ1n) is 7.36. The van der Waals surface area contributed by atoms with Crippen molar-refractivity contribution in [1.29, 1.82) is 0 Å². The predicted octanol–water partition coefficient (Wildman–Crippen LogP) is 4.47. The van der Waals surface area contributed by atoms with Gasteiger partial charge < -0.3 is 10.1 Å². The molecule has 0 saturated heterocycles. The van der Waals surface area contributed by atoms with Gasteiger partial charge in [-0.05, 0) is 49.4 Å². The van der Waals surface area contributed by atoms with Crippen molar-refractivity contribution >= 4 is 18.2 Å². The second-order valence-electron chi connectivity index (χ2n) is 4.89. The van der Waals surface area contributed by atoms with Crippen molar-refractivity contribution in [3.8, 4) is 11.5 Å². The lowest BCUT2D eigenvalue weighted by atomic mass is 10.1. The number of carbonyl (C=O) groups is 1. The number of ether oxygens (including phenoxy) is 1. The summed E-state index contributed by atoms with van der Waals surface area (Å²) in [6.07, 6.45) is 2.23. The molecule has 0 fully saturated rings. The number of carbonyl (C=O) groups excluding carboxylic acids is 1. The summed E-state index contributed by atoms with van der Waals surface area (Å²) in [7, 11) is 0. The maximum absolute atomic E-state index is 12.0. The SMILES string of the molecule is CCCCNCC(=O)c1ccc(Oc2ccccc2)cc1.Cl. The Morgan fingerprint density at radius 3 is 2.27 bits per heavy atom. The molecule has 0 aliphatic rings. The number of nitrogens with one attached hydrogen (secondary N) is 1. The Bertz CT molecular complexity index is 555. The van der Waals surface area contributed by atoms with Gasteiger partial charge in [-0.25, -0.2) is 0 Å². The van der Waals surface area contributed by atoms with E-state index in [4.69, 9.17) is 4.74 Å². The van der Waals surface area contributed by atoms with Crippen LogP contribution in [0.15, 0.2) is 54.6 Å². The average molecular weight is 320 g/mol. The smallest absolute Gasteiger partial charge is 0.176 e. The molecular formula is C18H22ClNO2. The van der Waals surface area contributed by atoms with Crippen LogP contribution >= 0.6 is 12.4 Å². The zero-order valence-corrected chi connectivity index (χ0v) is 13.6. The van der Waals surface area contributed by atoms with E-state index in [-0.39, 0.29) is 18.2 Å². The van der Waals surface area contributed by atoms with Gasteiger partial charge in [-0.2, -0.15) is 0 Å². The number of hydrogen-bond acceptors (Lipinski definition) is 3. The molecule has 0 aliphatic heterocycles. The monoisotopic (exact) mass is 319 g/mol. The van der Waals surface area contributed by atoms with Gasteiger partial charge in [0.25, 0.3) is 0 Å². The molecule has 0 bridgehead atoms. The molecule has 3 nitrogen and oxygen atoms in total. The van der Waals surface area contributed by atoms with E-state index in [9.17, 15) is 4.79 Å². The maximum Gasteiger partial charge on any atom is 0.176 e. The van der Waals surface area contributed by atoms with Crippen molar-refractivity contribution in [2.24, 2.45) is 0 Å². The molecule has 0 radical (unpaired) electrons. The summed E-state index contributed by atoms with van der Waals surface area (Å²) in [4.78, 5) is 12.0. The van der Waals surface area contributed by atoms with E-state index in [0.717, 1.165) is 30.9 Å². The first-order chi connectivity index (χ1) is 10.3. The van der Waals surface area contributed by atoms with Crippen molar-refractivity contribution in [2.75, 3.05) is 13.1 Å². The molecule has 4 heteroatoms. The zero-order valence-electron chi connectivity index (χ0n) is 12.7. The van der Waals surface area contributed by atoms with Crippen LogP contribution in [0.3, 0.4) is 0 Å². The van der Waals surface area contributed by atoms with E-state index in [1.54, 1.807) is 0 Å². The van der Waals surface area contributed by atoms with Gasteiger partial charge in [-0.3, -0.25) is 4.79 Å². The summed E-state index contributed by atoms with van der Waals surface area (Å²) < 4.78 is 5.70. The molecule has 118 valence electrons. The highest BCUT2D eigenvalue weighted by atomic mass is 35.5. The molecule has 22 heavy (non-hydrogen) atoms. The minimum Gasteiger partial charge on any atom is -0.457 e. The lowest BCUT2D eigenvalue weighted by Crippen LogP contribution is -2.23. The largest absolute Gasteiger partial charge is 0.457 e. The molecular weight excluding hydrogens is 298 g/mol. The summed E-state index contributed by atoms with van der Waals surface area (Å²) in [6.45, 7) is 3.41. The summed E-state index contributed by atoms with van der Waals surface area (Å²) in [5.74, 6) is 1.63. The lowest BCUT2D eigenvalue weighted by molar-refractivity contribution is 0.0991. The Morgan fingerprint density at radius 2 is 1.64 bits per heavy atom. The highest BCUT2D eigenvalue weighted by Crippen LogP contribution is 2.21. The van der Waals surface area contributed by atoms with Crippen LogP contribution in [0.4, 0.5) is 0 Å². The van der Waals surface area contributed by atoms with E-state index >= 15 is 0 Å². The first-order valence-corrected chi connectivity index (χ1v) is 7.36. The van der Waals surface area contributed by atoms with E-state index in [1.165, 1.54) is 0 Å². The van der Waals surface area contributed by atoms with Crippen LogP contribution in [0.25, 0.3) is 0 Å². The lowest BCUT2D eigenvalue weighted by Gasteiger charge is -2.07. The number of ketones is 1. The summed E-state index contributed by atoms with van der Waals surface area (Å²) >= 11 is 0. The molecule has 0 aromatic heterocycles. The summed E-state index contributed by atoms with van der Waals surface area (Å²) in [5.41, 5.74) is 0.708. The number of benzene rings is 2. The van der Waals surface area contributed by atoms with E-state index in [1.807, 2.05) is 54.6 Å². The highest BCUT2D eigenvalue weighted by Gasteiger charge is 2.05. The number of para-hydroxylation sites is 1. The Labute approximate surface area is 138 Å². The number of hydrogen-bond donors (Lipinski definition) is 1. The van der Waals surface area contributed by atoms with Crippen molar-refractivity contribution < 1.29 is 9.53 Å². The molecule has 0 aliphatic carbocycles. The van der Waals surface area contributed by atoms with E-state index in [2.05, 4.69) is 12.2 Å². The van der Waals surface area contributed by atoms with Crippen molar-refractivity contribution in [3.63, 3.8) is 0 Å². The van der Waals surface area contributed by atoms with Crippen molar-refractivity contribution in [1.82, 2.24) is 5.32 Å². The van der Waals surface area contributed by atoms with Gasteiger partial charge in [0.05, 0.1) is 6.54 Å². The number of unbranched alkanes of at least 4 members (excludes halogenated alkanes) is 1. The molecule has 0 unspecified atom stereocenters. The van der Waals surface area contributed by atoms with Gasteiger partial charge in [-0.15, -0.1) is 12.4 Å². The maximum atomic E-state index is 12.0. The number of Topliss-reactive ketones (excluding diaryl/α,β-unsaturated/α-hetero) is 1. The van der Waals surface area contributed by atoms with Crippen LogP contribution in [0, 0.1) is 0 Å². The first kappa shape index (κ1) is 18.2. The van der Waals surface area contributed by atoms with Gasteiger partial charge in [0.2, 0.25) is 0 Å². The van der Waals surface area contributed by atoms with Gasteiger partial charge in [-0.1, -0.05) is 31.5 Å². The third-order valence-corrected chi connectivity index (χ3v) is 3.15. The quantitative estimate of drug-likeness (QED) is 0.576. The predicted molar refractivity (Wildman–Crippen MR) is 92.3 cm³/mol. The number of rotatable bonds is 8. The van der Waals surface area contributed by atoms with Crippen molar-refractivity contribution in [3.05, 3.63) is 60.2 Å². The van der Waals surface area contributed by atoms with Gasteiger partial charge in [0.15, 0.2) is 5.78 Å². The molecule has 1 N–H and O–H groups in total. The molecule has 2 aromatic rings. The minimum atomic E-state index is 0. The topological polar surface area (TPSA) is 38.3 Å². The summed E-state index contributed by atoms with van der Waals surface area (Å²) in [6, 6.07) is 16.9. The standard InChI is InChI=1S/C18H21NO2.ClH/c1-2-3-13-19-14-18(20)15-9-11-17(12-10-15)21-16-7-5-4-6-8-16;/h4-12,19H,2-3,13-14H2,1H3;1H. The Balaban J connectivity index is 0.00000242. The molecule has 0 atom stereocenters. The molecule has 2 aromatic carbocycles. The Morgan fingerprint density at radius 1 is 1.00 bits per heavy atom. The van der Waals surface area contributed by atoms with Gasteiger partial charge >= 0.3 is 0 Å². The minimum absolute atomic E-state index is 0. The zero-order chi connectivity index (χ0) is 14.9. The molecule has 0 amide bonds. The fourth-order valence-electron chi connectivity index (χ4n) is 1.94. The molecule has 0 saturated carbocycles. The van der Waals surface area contributed by atoms with Crippen LogP contribution in [-0.4, -0.2) is 18.9 Å². The van der Waals surface area contributed by atoms with Crippen LogP contribution in [0.2, 0.25) is 0 Å². The number of halogens is 1. The normalized spacial score (nSPS) is 9.86. The molecule has 0 heterocycles. The Kier molecular flexibility index (Phi) is 8.26. The van der Waals surface area contributed by atoms with E-state index < -0.39 is 0 Å². The van der Waals surface area contributed by atoms with Gasteiger partial charge in [0, 0.05) is 5.56 Å². The van der Waals surface area contributed by atoms with Gasteiger partial charge in [0.1, 0.15) is 11.5 Å². The third-order valence-electron chi connectivity index (χ3n) is 3.15. The second kappa shape index (κ2) is 9.98. The third kappa shape index (κ3) is 5.88. The van der Waals surface area contributed by atoms with E-state index in [0.29, 0.717) is 12.1 Å².